The number of aromatic nitrogens is 5. The minimum atomic E-state index is -4.68. The molecule has 3 heterocycles. The number of carbonyl (C=O) groups excluding carboxylic acids is 1. The van der Waals surface area contributed by atoms with Crippen molar-refractivity contribution in [1.82, 2.24) is 29.7 Å². The molecule has 0 aliphatic heterocycles. The molecule has 1 amide bonds. The number of alkyl halides is 3. The highest BCUT2D eigenvalue weighted by Crippen LogP contribution is 2.32. The van der Waals surface area contributed by atoms with E-state index in [0.717, 1.165) is 22.9 Å². The number of aryl methyl sites for hydroxylation is 3. The molecule has 0 spiro atoms. The van der Waals surface area contributed by atoms with Gasteiger partial charge in [-0.2, -0.15) is 23.4 Å². The topological polar surface area (TPSA) is 77.1 Å². The quantitative estimate of drug-likeness (QED) is 0.471. The summed E-state index contributed by atoms with van der Waals surface area (Å²) < 4.78 is 43.9. The third-order valence-corrected chi connectivity index (χ3v) is 5.59. The Hall–Kier alpha value is -3.69. The number of rotatable bonds is 5. The zero-order chi connectivity index (χ0) is 23.9. The molecular formula is C23H23F3N6O. The Bertz CT molecular complexity index is 1340. The number of fused-ring (bicyclic) bond motifs is 1. The van der Waals surface area contributed by atoms with Gasteiger partial charge in [0, 0.05) is 24.4 Å². The zero-order valence-corrected chi connectivity index (χ0v) is 18.6. The van der Waals surface area contributed by atoms with Crippen LogP contribution in [0.4, 0.5) is 13.2 Å². The van der Waals surface area contributed by atoms with E-state index in [9.17, 15) is 18.0 Å². The standard InChI is InChI=1S/C23H23F3N6O/c1-5-31-19(8-9-27-31)15(4)28-22(33)18-12-21-29-17(16-7-6-13(2)14(3)10-16)11-20(23(24,25)26)32(21)30-18/h6-12,15H,5H2,1-4H3,(H,28,33). The van der Waals surface area contributed by atoms with Crippen LogP contribution in [0.15, 0.2) is 42.6 Å². The maximum atomic E-state index is 13.8. The van der Waals surface area contributed by atoms with Crippen LogP contribution in [0.1, 0.15) is 52.9 Å². The Balaban J connectivity index is 1.74. The molecule has 10 heteroatoms. The normalized spacial score (nSPS) is 12.8. The van der Waals surface area contributed by atoms with E-state index in [1.807, 2.05) is 26.8 Å². The molecule has 4 rings (SSSR count). The van der Waals surface area contributed by atoms with Gasteiger partial charge in [0.25, 0.3) is 5.91 Å². The fourth-order valence-electron chi connectivity index (χ4n) is 3.66. The predicted molar refractivity (Wildman–Crippen MR) is 117 cm³/mol. The molecule has 1 N–H and O–H groups in total. The van der Waals surface area contributed by atoms with Gasteiger partial charge in [0.15, 0.2) is 17.0 Å². The second kappa shape index (κ2) is 8.34. The van der Waals surface area contributed by atoms with Gasteiger partial charge in [-0.25, -0.2) is 9.50 Å². The van der Waals surface area contributed by atoms with E-state index in [4.69, 9.17) is 0 Å². The molecule has 4 aromatic rings. The van der Waals surface area contributed by atoms with Crippen molar-refractivity contribution in [2.24, 2.45) is 0 Å². The Kier molecular flexibility index (Phi) is 5.69. The summed E-state index contributed by atoms with van der Waals surface area (Å²) in [5.41, 5.74) is 2.24. The average molecular weight is 456 g/mol. The Morgan fingerprint density at radius 1 is 1.12 bits per heavy atom. The first-order valence-electron chi connectivity index (χ1n) is 10.5. The summed E-state index contributed by atoms with van der Waals surface area (Å²) in [6.45, 7) is 8.12. The molecule has 0 aliphatic rings. The average Bonchev–Trinajstić information content (AvgIpc) is 3.41. The molecule has 3 aromatic heterocycles. The molecule has 172 valence electrons. The first kappa shape index (κ1) is 22.5. The summed E-state index contributed by atoms with van der Waals surface area (Å²) in [6.07, 6.45) is -3.06. The van der Waals surface area contributed by atoms with Crippen molar-refractivity contribution in [2.45, 2.75) is 46.5 Å². The van der Waals surface area contributed by atoms with E-state index in [1.54, 1.807) is 36.0 Å². The molecule has 1 aromatic carbocycles. The van der Waals surface area contributed by atoms with Gasteiger partial charge in [-0.05, 0) is 57.0 Å². The maximum absolute atomic E-state index is 13.8. The second-order valence-corrected chi connectivity index (χ2v) is 7.89. The molecule has 0 saturated carbocycles. The summed E-state index contributed by atoms with van der Waals surface area (Å²) in [7, 11) is 0. The molecule has 1 unspecified atom stereocenters. The van der Waals surface area contributed by atoms with Crippen LogP contribution in [0.2, 0.25) is 0 Å². The number of hydrogen-bond donors (Lipinski definition) is 1. The SMILES string of the molecule is CCn1nccc1C(C)NC(=O)c1cc2nc(-c3ccc(C)c(C)c3)cc(C(F)(F)F)n2n1. The number of hydrogen-bond acceptors (Lipinski definition) is 4. The zero-order valence-electron chi connectivity index (χ0n) is 18.6. The van der Waals surface area contributed by atoms with Crippen molar-refractivity contribution >= 4 is 11.6 Å². The second-order valence-electron chi connectivity index (χ2n) is 7.89. The molecule has 0 saturated heterocycles. The highest BCUT2D eigenvalue weighted by molar-refractivity contribution is 5.93. The van der Waals surface area contributed by atoms with Gasteiger partial charge in [0.1, 0.15) is 0 Å². The lowest BCUT2D eigenvalue weighted by Crippen LogP contribution is -2.28. The summed E-state index contributed by atoms with van der Waals surface area (Å²) in [5, 5.41) is 10.9. The van der Waals surface area contributed by atoms with Crippen molar-refractivity contribution in [3.8, 4) is 11.3 Å². The van der Waals surface area contributed by atoms with E-state index in [1.165, 1.54) is 6.07 Å². The number of carbonyl (C=O) groups is 1. The van der Waals surface area contributed by atoms with Crippen molar-refractivity contribution in [3.05, 3.63) is 70.8 Å². The lowest BCUT2D eigenvalue weighted by molar-refractivity contribution is -0.142. The molecule has 33 heavy (non-hydrogen) atoms. The molecule has 7 nitrogen and oxygen atoms in total. The van der Waals surface area contributed by atoms with Crippen LogP contribution < -0.4 is 5.32 Å². The van der Waals surface area contributed by atoms with E-state index in [-0.39, 0.29) is 17.0 Å². The lowest BCUT2D eigenvalue weighted by atomic mass is 10.0. The lowest BCUT2D eigenvalue weighted by Gasteiger charge is -2.14. The van der Waals surface area contributed by atoms with Gasteiger partial charge < -0.3 is 5.32 Å². The van der Waals surface area contributed by atoms with E-state index < -0.39 is 23.8 Å². The van der Waals surface area contributed by atoms with Crippen LogP contribution in [0.3, 0.4) is 0 Å². The number of nitrogens with one attached hydrogen (secondary N) is 1. The molecule has 0 radical (unpaired) electrons. The number of halogens is 3. The smallest absolute Gasteiger partial charge is 0.343 e. The highest BCUT2D eigenvalue weighted by Gasteiger charge is 2.35. The van der Waals surface area contributed by atoms with Crippen LogP contribution in [0.5, 0.6) is 0 Å². The van der Waals surface area contributed by atoms with Crippen molar-refractivity contribution in [1.29, 1.82) is 0 Å². The first-order chi connectivity index (χ1) is 15.6. The summed E-state index contributed by atoms with van der Waals surface area (Å²) in [6, 6.07) is 8.93. The van der Waals surface area contributed by atoms with Gasteiger partial charge in [-0.15, -0.1) is 0 Å². The Morgan fingerprint density at radius 2 is 1.88 bits per heavy atom. The molecule has 0 aliphatic carbocycles. The molecular weight excluding hydrogens is 433 g/mol. The van der Waals surface area contributed by atoms with Crippen molar-refractivity contribution < 1.29 is 18.0 Å². The Morgan fingerprint density at radius 3 is 2.55 bits per heavy atom. The van der Waals surface area contributed by atoms with Crippen LogP contribution >= 0.6 is 0 Å². The van der Waals surface area contributed by atoms with Crippen LogP contribution in [-0.4, -0.2) is 30.3 Å². The van der Waals surface area contributed by atoms with Gasteiger partial charge >= 0.3 is 6.18 Å². The maximum Gasteiger partial charge on any atom is 0.433 e. The van der Waals surface area contributed by atoms with Gasteiger partial charge in [0.2, 0.25) is 0 Å². The van der Waals surface area contributed by atoms with Crippen molar-refractivity contribution in [2.75, 3.05) is 0 Å². The third kappa shape index (κ3) is 4.33. The van der Waals surface area contributed by atoms with Gasteiger partial charge in [0.05, 0.1) is 17.4 Å². The summed E-state index contributed by atoms with van der Waals surface area (Å²) in [4.78, 5) is 17.1. The van der Waals surface area contributed by atoms with Gasteiger partial charge in [-0.3, -0.25) is 9.48 Å². The number of amides is 1. The van der Waals surface area contributed by atoms with Crippen molar-refractivity contribution in [3.63, 3.8) is 0 Å². The molecule has 0 fully saturated rings. The van der Waals surface area contributed by atoms with E-state index in [2.05, 4.69) is 20.5 Å². The minimum absolute atomic E-state index is 0.0607. The van der Waals surface area contributed by atoms with Crippen LogP contribution in [0.25, 0.3) is 16.9 Å². The van der Waals surface area contributed by atoms with Crippen LogP contribution in [0, 0.1) is 13.8 Å². The van der Waals surface area contributed by atoms with Crippen LogP contribution in [-0.2, 0) is 12.7 Å². The third-order valence-electron chi connectivity index (χ3n) is 5.59. The fraction of sp³-hybridized carbons (Fsp3) is 0.304. The Labute approximate surface area is 188 Å². The minimum Gasteiger partial charge on any atom is -0.343 e. The number of nitrogens with zero attached hydrogens (tertiary/aromatic N) is 5. The number of benzene rings is 1. The summed E-state index contributed by atoms with van der Waals surface area (Å²) in [5.74, 6) is -0.599. The first-order valence-corrected chi connectivity index (χ1v) is 10.5. The molecule has 0 bridgehead atoms. The summed E-state index contributed by atoms with van der Waals surface area (Å²) >= 11 is 0. The van der Waals surface area contributed by atoms with Gasteiger partial charge in [-0.1, -0.05) is 12.1 Å². The van der Waals surface area contributed by atoms with E-state index >= 15 is 0 Å². The highest BCUT2D eigenvalue weighted by atomic mass is 19.4. The largest absolute Gasteiger partial charge is 0.433 e. The monoisotopic (exact) mass is 456 g/mol. The fourth-order valence-corrected chi connectivity index (χ4v) is 3.66. The molecule has 1 atom stereocenters. The predicted octanol–water partition coefficient (Wildman–Crippen LogP) is 4.74. The van der Waals surface area contributed by atoms with E-state index in [0.29, 0.717) is 16.6 Å².